The van der Waals surface area contributed by atoms with Crippen molar-refractivity contribution in [3.8, 4) is 0 Å². The Balaban J connectivity index is 2.09. The van der Waals surface area contributed by atoms with Crippen LogP contribution in [0.4, 0.5) is 10.1 Å². The second-order valence-electron chi connectivity index (χ2n) is 7.38. The fraction of sp³-hybridized carbons (Fsp3) is 0.435. The molecule has 170 valence electrons. The van der Waals surface area contributed by atoms with Gasteiger partial charge in [0.15, 0.2) is 15.8 Å². The van der Waals surface area contributed by atoms with Crippen LogP contribution in [0.5, 0.6) is 0 Å². The molecular formula is C23H33FN4O2S. The van der Waals surface area contributed by atoms with Gasteiger partial charge in [-0.1, -0.05) is 18.2 Å². The van der Waals surface area contributed by atoms with Gasteiger partial charge < -0.3 is 15.5 Å². The third kappa shape index (κ3) is 6.95. The maximum Gasteiger partial charge on any atom is 0.191 e. The van der Waals surface area contributed by atoms with Gasteiger partial charge in [-0.05, 0) is 62.6 Å². The second-order valence-corrected chi connectivity index (χ2v) is 9.36. The van der Waals surface area contributed by atoms with Crippen LogP contribution in [0.2, 0.25) is 0 Å². The first-order valence-electron chi connectivity index (χ1n) is 10.5. The predicted octanol–water partition coefficient (Wildman–Crippen LogP) is 3.64. The zero-order chi connectivity index (χ0) is 23.0. The van der Waals surface area contributed by atoms with Crippen LogP contribution in [0.15, 0.2) is 46.3 Å². The number of nitrogens with zero attached hydrogens (tertiary/aromatic N) is 2. The van der Waals surface area contributed by atoms with E-state index in [1.807, 2.05) is 43.9 Å². The Morgan fingerprint density at radius 2 is 1.71 bits per heavy atom. The summed E-state index contributed by atoms with van der Waals surface area (Å²) in [6, 6.07) is 10.5. The Morgan fingerprint density at radius 3 is 2.26 bits per heavy atom. The van der Waals surface area contributed by atoms with E-state index >= 15 is 0 Å². The highest BCUT2D eigenvalue weighted by molar-refractivity contribution is 7.90. The number of aliphatic imine (C=N–C) groups is 1. The zero-order valence-electron chi connectivity index (χ0n) is 19.0. The molecule has 0 aliphatic rings. The standard InChI is InChI=1S/C23H33FN4O2S/c1-6-25-23(26-15-18-10-12-22(17(4)13-18)31(5,29)30)27-16-19-9-11-21(20(24)14-19)28(7-2)8-3/h9-14H,6-8,15-16H2,1-5H3,(H2,25,26,27). The topological polar surface area (TPSA) is 73.8 Å². The van der Waals surface area contributed by atoms with Crippen molar-refractivity contribution in [1.29, 1.82) is 0 Å². The number of halogens is 1. The quantitative estimate of drug-likeness (QED) is 0.453. The summed E-state index contributed by atoms with van der Waals surface area (Å²) in [6.45, 7) is 10.8. The minimum Gasteiger partial charge on any atom is -0.370 e. The fourth-order valence-electron chi connectivity index (χ4n) is 3.40. The van der Waals surface area contributed by atoms with Gasteiger partial charge in [-0.3, -0.25) is 0 Å². The first-order valence-corrected chi connectivity index (χ1v) is 12.4. The number of hydrogen-bond acceptors (Lipinski definition) is 4. The molecule has 0 aromatic heterocycles. The Kier molecular flexibility index (Phi) is 8.86. The summed E-state index contributed by atoms with van der Waals surface area (Å²) in [5, 5.41) is 6.40. The van der Waals surface area contributed by atoms with Crippen LogP contribution in [0.3, 0.4) is 0 Å². The smallest absolute Gasteiger partial charge is 0.191 e. The zero-order valence-corrected chi connectivity index (χ0v) is 19.8. The molecule has 0 bridgehead atoms. The average Bonchev–Trinajstić information content (AvgIpc) is 2.71. The molecule has 31 heavy (non-hydrogen) atoms. The number of nitrogens with one attached hydrogen (secondary N) is 2. The molecule has 0 unspecified atom stereocenters. The number of hydrogen-bond donors (Lipinski definition) is 2. The SMILES string of the molecule is CCNC(=NCc1ccc(S(C)(=O)=O)c(C)c1)NCc1ccc(N(CC)CC)c(F)c1. The van der Waals surface area contributed by atoms with Crippen molar-refractivity contribution in [1.82, 2.24) is 10.6 Å². The lowest BCUT2D eigenvalue weighted by molar-refractivity contribution is 0.601. The molecule has 6 nitrogen and oxygen atoms in total. The van der Waals surface area contributed by atoms with Crippen molar-refractivity contribution in [2.45, 2.75) is 45.7 Å². The third-order valence-corrected chi connectivity index (χ3v) is 6.24. The Labute approximate surface area is 185 Å². The molecule has 0 aliphatic carbocycles. The number of sulfone groups is 1. The third-order valence-electron chi connectivity index (χ3n) is 4.98. The van der Waals surface area contributed by atoms with Crippen LogP contribution >= 0.6 is 0 Å². The van der Waals surface area contributed by atoms with Crippen LogP contribution in [0, 0.1) is 12.7 Å². The molecular weight excluding hydrogens is 415 g/mol. The van der Waals surface area contributed by atoms with Gasteiger partial charge in [-0.15, -0.1) is 0 Å². The van der Waals surface area contributed by atoms with E-state index in [1.165, 1.54) is 6.26 Å². The summed E-state index contributed by atoms with van der Waals surface area (Å²) in [6.07, 6.45) is 1.21. The van der Waals surface area contributed by atoms with E-state index in [1.54, 1.807) is 25.1 Å². The summed E-state index contributed by atoms with van der Waals surface area (Å²) in [4.78, 5) is 6.88. The molecule has 0 spiro atoms. The number of benzene rings is 2. The Hall–Kier alpha value is -2.61. The number of guanidine groups is 1. The van der Waals surface area contributed by atoms with Gasteiger partial charge in [0.05, 0.1) is 17.1 Å². The maximum absolute atomic E-state index is 14.5. The Bertz CT molecular complexity index is 1020. The minimum atomic E-state index is -3.24. The lowest BCUT2D eigenvalue weighted by atomic mass is 10.1. The largest absolute Gasteiger partial charge is 0.370 e. The van der Waals surface area contributed by atoms with E-state index in [4.69, 9.17) is 0 Å². The lowest BCUT2D eigenvalue weighted by Crippen LogP contribution is -2.36. The summed E-state index contributed by atoms with van der Waals surface area (Å²) in [5.41, 5.74) is 3.06. The first-order chi connectivity index (χ1) is 14.7. The molecule has 0 heterocycles. The molecule has 2 aromatic rings. The highest BCUT2D eigenvalue weighted by atomic mass is 32.2. The maximum atomic E-state index is 14.5. The predicted molar refractivity (Wildman–Crippen MR) is 126 cm³/mol. The normalized spacial score (nSPS) is 12.0. The van der Waals surface area contributed by atoms with Crippen LogP contribution < -0.4 is 15.5 Å². The molecule has 2 rings (SSSR count). The van der Waals surface area contributed by atoms with Gasteiger partial charge in [0, 0.05) is 32.4 Å². The van der Waals surface area contributed by atoms with Crippen LogP contribution in [0.25, 0.3) is 0 Å². The van der Waals surface area contributed by atoms with Crippen molar-refractivity contribution in [3.05, 3.63) is 58.9 Å². The van der Waals surface area contributed by atoms with E-state index in [0.717, 1.165) is 24.2 Å². The number of anilines is 1. The van der Waals surface area contributed by atoms with E-state index in [2.05, 4.69) is 15.6 Å². The van der Waals surface area contributed by atoms with Crippen LogP contribution in [-0.2, 0) is 22.9 Å². The van der Waals surface area contributed by atoms with Crippen LogP contribution in [0.1, 0.15) is 37.5 Å². The molecule has 0 saturated heterocycles. The van der Waals surface area contributed by atoms with Crippen molar-refractivity contribution in [2.24, 2.45) is 4.99 Å². The highest BCUT2D eigenvalue weighted by Crippen LogP contribution is 2.20. The molecule has 0 atom stereocenters. The van der Waals surface area contributed by atoms with Gasteiger partial charge in [0.25, 0.3) is 0 Å². The minimum absolute atomic E-state index is 0.230. The lowest BCUT2D eigenvalue weighted by Gasteiger charge is -2.22. The molecule has 2 aromatic carbocycles. The fourth-order valence-corrected chi connectivity index (χ4v) is 4.36. The monoisotopic (exact) mass is 448 g/mol. The molecule has 2 N–H and O–H groups in total. The summed E-state index contributed by atoms with van der Waals surface area (Å²) >= 11 is 0. The first kappa shape index (κ1) is 24.7. The van der Waals surface area contributed by atoms with E-state index in [-0.39, 0.29) is 5.82 Å². The number of rotatable bonds is 9. The van der Waals surface area contributed by atoms with E-state index in [0.29, 0.717) is 41.7 Å². The Morgan fingerprint density at radius 1 is 1.03 bits per heavy atom. The second kappa shape index (κ2) is 11.1. The van der Waals surface area contributed by atoms with Crippen molar-refractivity contribution >= 4 is 21.5 Å². The van der Waals surface area contributed by atoms with Gasteiger partial charge in [0.1, 0.15) is 5.82 Å². The van der Waals surface area contributed by atoms with E-state index in [9.17, 15) is 12.8 Å². The molecule has 0 amide bonds. The van der Waals surface area contributed by atoms with Gasteiger partial charge in [-0.25, -0.2) is 17.8 Å². The van der Waals surface area contributed by atoms with Gasteiger partial charge in [0.2, 0.25) is 0 Å². The average molecular weight is 449 g/mol. The van der Waals surface area contributed by atoms with E-state index < -0.39 is 9.84 Å². The van der Waals surface area contributed by atoms with Gasteiger partial charge >= 0.3 is 0 Å². The summed E-state index contributed by atoms with van der Waals surface area (Å²) in [7, 11) is -3.24. The summed E-state index contributed by atoms with van der Waals surface area (Å²) in [5.74, 6) is 0.381. The molecule has 0 fully saturated rings. The number of aryl methyl sites for hydroxylation is 1. The van der Waals surface area contributed by atoms with Crippen LogP contribution in [-0.4, -0.2) is 40.3 Å². The van der Waals surface area contributed by atoms with Crippen molar-refractivity contribution in [3.63, 3.8) is 0 Å². The van der Waals surface area contributed by atoms with Crippen molar-refractivity contribution < 1.29 is 12.8 Å². The van der Waals surface area contributed by atoms with Gasteiger partial charge in [-0.2, -0.15) is 0 Å². The summed E-state index contributed by atoms with van der Waals surface area (Å²) < 4.78 is 38.1. The van der Waals surface area contributed by atoms with Crippen molar-refractivity contribution in [2.75, 3.05) is 30.8 Å². The highest BCUT2D eigenvalue weighted by Gasteiger charge is 2.11. The molecule has 0 saturated carbocycles. The molecule has 0 aliphatic heterocycles. The molecule has 0 radical (unpaired) electrons. The molecule has 8 heteroatoms.